The topological polar surface area (TPSA) is 67.2 Å². The van der Waals surface area contributed by atoms with Crippen molar-refractivity contribution in [2.24, 2.45) is 5.92 Å². The minimum Gasteiger partial charge on any atom is -0.461 e. The molecule has 3 aliphatic rings. The summed E-state index contributed by atoms with van der Waals surface area (Å²) in [5.41, 5.74) is 2.99. The third-order valence-corrected chi connectivity index (χ3v) is 6.49. The van der Waals surface area contributed by atoms with Gasteiger partial charge in [-0.15, -0.1) is 0 Å². The van der Waals surface area contributed by atoms with Gasteiger partial charge in [0, 0.05) is 43.9 Å². The Kier molecular flexibility index (Phi) is 6.19. The molecule has 0 bridgehead atoms. The average molecular weight is 438 g/mol. The van der Waals surface area contributed by atoms with E-state index in [1.807, 2.05) is 18.2 Å². The molecule has 2 atom stereocenters. The Balaban J connectivity index is 1.30. The van der Waals surface area contributed by atoms with E-state index in [1.54, 1.807) is 6.08 Å². The molecule has 5 rings (SSSR count). The van der Waals surface area contributed by atoms with Gasteiger partial charge in [0.05, 0.1) is 37.8 Å². The van der Waals surface area contributed by atoms with Crippen LogP contribution < -0.4 is 15.1 Å². The number of benzene rings is 1. The van der Waals surface area contributed by atoms with E-state index in [0.29, 0.717) is 30.8 Å². The number of morpholine rings is 2. The third-order valence-electron chi connectivity index (χ3n) is 6.49. The third kappa shape index (κ3) is 4.84. The van der Waals surface area contributed by atoms with Gasteiger partial charge in [0.2, 0.25) is 5.91 Å². The van der Waals surface area contributed by atoms with Crippen molar-refractivity contribution in [1.29, 1.82) is 0 Å². The number of nitrogens with zero attached hydrogens (tertiary/aromatic N) is 2. The lowest BCUT2D eigenvalue weighted by Crippen LogP contribution is -2.38. The molecule has 1 aromatic carbocycles. The number of rotatable bonds is 6. The highest BCUT2D eigenvalue weighted by atomic mass is 16.5. The van der Waals surface area contributed by atoms with Crippen molar-refractivity contribution in [3.05, 3.63) is 47.9 Å². The number of ether oxygens (including phenoxy) is 2. The van der Waals surface area contributed by atoms with E-state index in [4.69, 9.17) is 13.9 Å². The van der Waals surface area contributed by atoms with Gasteiger partial charge in [-0.05, 0) is 48.7 Å². The minimum absolute atomic E-state index is 0.170. The minimum atomic E-state index is -0.170. The fourth-order valence-electron chi connectivity index (χ4n) is 4.42. The van der Waals surface area contributed by atoms with Crippen molar-refractivity contribution in [1.82, 2.24) is 0 Å². The second-order valence-electron chi connectivity index (χ2n) is 8.78. The number of nitrogens with one attached hydrogen (secondary N) is 1. The molecule has 2 saturated heterocycles. The van der Waals surface area contributed by atoms with Crippen LogP contribution in [0.4, 0.5) is 17.1 Å². The molecular formula is C25H31N3O4. The molecular weight excluding hydrogens is 406 g/mol. The van der Waals surface area contributed by atoms with Gasteiger partial charge in [-0.3, -0.25) is 4.79 Å². The van der Waals surface area contributed by atoms with Crippen LogP contribution in [-0.2, 0) is 14.3 Å². The molecule has 3 fully saturated rings. The monoisotopic (exact) mass is 437 g/mol. The first-order valence-electron chi connectivity index (χ1n) is 11.6. The fourth-order valence-corrected chi connectivity index (χ4v) is 4.42. The summed E-state index contributed by atoms with van der Waals surface area (Å²) in [5, 5.41) is 3.06. The number of furan rings is 1. The van der Waals surface area contributed by atoms with E-state index in [9.17, 15) is 4.79 Å². The second kappa shape index (κ2) is 9.38. The fraction of sp³-hybridized carbons (Fsp3) is 0.480. The van der Waals surface area contributed by atoms with Gasteiger partial charge in [-0.25, -0.2) is 0 Å². The molecule has 0 spiro atoms. The molecule has 2 aromatic rings. The lowest BCUT2D eigenvalue weighted by Gasteiger charge is -2.33. The molecule has 2 unspecified atom stereocenters. The summed E-state index contributed by atoms with van der Waals surface area (Å²) in [6.07, 6.45) is 4.46. The Morgan fingerprint density at radius 3 is 2.38 bits per heavy atom. The van der Waals surface area contributed by atoms with Gasteiger partial charge in [-0.1, -0.05) is 6.92 Å². The van der Waals surface area contributed by atoms with Crippen LogP contribution in [0.25, 0.3) is 6.08 Å². The highest BCUT2D eigenvalue weighted by Gasteiger charge is 2.36. The summed E-state index contributed by atoms with van der Waals surface area (Å²) in [7, 11) is 0. The molecule has 1 saturated carbocycles. The van der Waals surface area contributed by atoms with Crippen LogP contribution in [0, 0.1) is 5.92 Å². The largest absolute Gasteiger partial charge is 0.461 e. The summed E-state index contributed by atoms with van der Waals surface area (Å²) in [4.78, 5) is 17.3. The zero-order valence-corrected chi connectivity index (χ0v) is 18.6. The Hall–Kier alpha value is -2.77. The quantitative estimate of drug-likeness (QED) is 0.695. The maximum atomic E-state index is 12.7. The smallest absolute Gasteiger partial charge is 0.248 e. The first-order chi connectivity index (χ1) is 15.7. The molecule has 7 nitrogen and oxygen atoms in total. The van der Waals surface area contributed by atoms with E-state index in [2.05, 4.69) is 34.2 Å². The maximum absolute atomic E-state index is 12.7. The Morgan fingerprint density at radius 2 is 1.69 bits per heavy atom. The van der Waals surface area contributed by atoms with Gasteiger partial charge in [-0.2, -0.15) is 0 Å². The summed E-state index contributed by atoms with van der Waals surface area (Å²) >= 11 is 0. The van der Waals surface area contributed by atoms with Crippen LogP contribution in [0.2, 0.25) is 0 Å². The standard InChI is InChI=1S/C25H31N3O4/c1-18-16-21(18)24-6-3-20(32-24)4-7-25(29)26-22-5-2-19(27-8-12-30-13-9-27)17-23(22)28-10-14-31-15-11-28/h2-7,17-18,21H,8-16H2,1H3,(H,26,29). The number of anilines is 3. The Labute approximate surface area is 189 Å². The number of carbonyl (C=O) groups is 1. The normalized spacial score (nSPS) is 23.5. The number of hydrogen-bond donors (Lipinski definition) is 1. The van der Waals surface area contributed by atoms with Gasteiger partial charge >= 0.3 is 0 Å². The highest BCUT2D eigenvalue weighted by molar-refractivity contribution is 6.04. The van der Waals surface area contributed by atoms with Crippen LogP contribution in [0.3, 0.4) is 0 Å². The molecule has 7 heteroatoms. The van der Waals surface area contributed by atoms with Crippen molar-refractivity contribution in [3.63, 3.8) is 0 Å². The average Bonchev–Trinajstić information content (AvgIpc) is 3.38. The van der Waals surface area contributed by atoms with Gasteiger partial charge in [0.25, 0.3) is 0 Å². The van der Waals surface area contributed by atoms with Crippen molar-refractivity contribution in [2.75, 3.05) is 67.7 Å². The number of hydrogen-bond acceptors (Lipinski definition) is 6. The van der Waals surface area contributed by atoms with Crippen molar-refractivity contribution >= 4 is 29.0 Å². The SMILES string of the molecule is CC1CC1c1ccc(C=CC(=O)Nc2ccc(N3CCOCC3)cc2N2CCOCC2)o1. The van der Waals surface area contributed by atoms with Crippen LogP contribution in [-0.4, -0.2) is 58.5 Å². The summed E-state index contributed by atoms with van der Waals surface area (Å²) in [5.74, 6) is 2.79. The summed E-state index contributed by atoms with van der Waals surface area (Å²) < 4.78 is 16.9. The van der Waals surface area contributed by atoms with Crippen molar-refractivity contribution in [3.8, 4) is 0 Å². The van der Waals surface area contributed by atoms with E-state index in [0.717, 1.165) is 62.2 Å². The lowest BCUT2D eigenvalue weighted by atomic mass is 10.1. The molecule has 0 radical (unpaired) electrons. The van der Waals surface area contributed by atoms with Crippen LogP contribution in [0.1, 0.15) is 30.8 Å². The Bertz CT molecular complexity index is 973. The predicted octanol–water partition coefficient (Wildman–Crippen LogP) is 3.73. The van der Waals surface area contributed by atoms with Crippen LogP contribution in [0.5, 0.6) is 0 Å². The molecule has 2 aliphatic heterocycles. The highest BCUT2D eigenvalue weighted by Crippen LogP contribution is 2.47. The van der Waals surface area contributed by atoms with Crippen molar-refractivity contribution < 1.29 is 18.7 Å². The zero-order chi connectivity index (χ0) is 21.9. The molecule has 32 heavy (non-hydrogen) atoms. The molecule has 170 valence electrons. The number of amides is 1. The zero-order valence-electron chi connectivity index (χ0n) is 18.6. The maximum Gasteiger partial charge on any atom is 0.248 e. The Morgan fingerprint density at radius 1 is 1.00 bits per heavy atom. The molecule has 1 N–H and O–H groups in total. The molecule has 1 amide bonds. The first-order valence-corrected chi connectivity index (χ1v) is 11.6. The van der Waals surface area contributed by atoms with Crippen LogP contribution >= 0.6 is 0 Å². The van der Waals surface area contributed by atoms with E-state index < -0.39 is 0 Å². The second-order valence-corrected chi connectivity index (χ2v) is 8.78. The summed E-state index contributed by atoms with van der Waals surface area (Å²) in [6.45, 7) is 8.45. The van der Waals surface area contributed by atoms with Crippen molar-refractivity contribution in [2.45, 2.75) is 19.3 Å². The van der Waals surface area contributed by atoms with Gasteiger partial charge in [0.1, 0.15) is 11.5 Å². The lowest BCUT2D eigenvalue weighted by molar-refractivity contribution is -0.111. The van der Waals surface area contributed by atoms with Crippen LogP contribution in [0.15, 0.2) is 40.8 Å². The van der Waals surface area contributed by atoms with Gasteiger partial charge < -0.3 is 29.0 Å². The number of carbonyl (C=O) groups excluding carboxylic acids is 1. The summed E-state index contributed by atoms with van der Waals surface area (Å²) in [6, 6.07) is 10.2. The molecule has 1 aliphatic carbocycles. The molecule has 1 aromatic heterocycles. The van der Waals surface area contributed by atoms with E-state index in [1.165, 1.54) is 12.5 Å². The van der Waals surface area contributed by atoms with E-state index >= 15 is 0 Å². The van der Waals surface area contributed by atoms with Gasteiger partial charge in [0.15, 0.2) is 0 Å². The predicted molar refractivity (Wildman–Crippen MR) is 125 cm³/mol. The van der Waals surface area contributed by atoms with E-state index in [-0.39, 0.29) is 5.91 Å². The first kappa shape index (κ1) is 21.1. The molecule has 3 heterocycles.